The van der Waals surface area contributed by atoms with Gasteiger partial charge >= 0.3 is 0 Å². The second-order valence-corrected chi connectivity index (χ2v) is 3.69. The van der Waals surface area contributed by atoms with Crippen LogP contribution in [0.1, 0.15) is 18.2 Å². The van der Waals surface area contributed by atoms with Crippen LogP contribution < -0.4 is 10.5 Å². The number of amidine groups is 1. The largest absolute Gasteiger partial charge is 0.437 e. The maximum Gasteiger partial charge on any atom is 0.249 e. The summed E-state index contributed by atoms with van der Waals surface area (Å²) in [5.41, 5.74) is 6.76. The summed E-state index contributed by atoms with van der Waals surface area (Å²) in [6.45, 7) is 2.05. The lowest BCUT2D eigenvalue weighted by Crippen LogP contribution is -2.15. The Morgan fingerprint density at radius 1 is 1.28 bits per heavy atom. The molecule has 0 amide bonds. The number of ether oxygens (including phenoxy) is 1. The van der Waals surface area contributed by atoms with Crippen LogP contribution in [-0.4, -0.2) is 15.8 Å². The van der Waals surface area contributed by atoms with Gasteiger partial charge in [0.25, 0.3) is 0 Å². The molecular formula is C13H14N4O. The lowest BCUT2D eigenvalue weighted by atomic mass is 10.1. The van der Waals surface area contributed by atoms with Crippen molar-refractivity contribution in [3.05, 3.63) is 47.9 Å². The number of nitrogens with two attached hydrogens (primary N) is 1. The van der Waals surface area contributed by atoms with E-state index in [9.17, 15) is 0 Å². The van der Waals surface area contributed by atoms with Gasteiger partial charge < -0.3 is 10.5 Å². The second kappa shape index (κ2) is 5.27. The van der Waals surface area contributed by atoms with Crippen LogP contribution in [0.25, 0.3) is 0 Å². The van der Waals surface area contributed by atoms with Gasteiger partial charge in [0.1, 0.15) is 11.6 Å². The Labute approximate surface area is 105 Å². The number of hydrogen-bond donors (Lipinski definition) is 2. The quantitative estimate of drug-likeness (QED) is 0.635. The minimum absolute atomic E-state index is 0.160. The summed E-state index contributed by atoms with van der Waals surface area (Å²) in [4.78, 5) is 8.06. The lowest BCUT2D eigenvalue weighted by molar-refractivity contribution is 0.453. The van der Waals surface area contributed by atoms with Crippen molar-refractivity contribution in [3.63, 3.8) is 0 Å². The summed E-state index contributed by atoms with van der Waals surface area (Å²) in [5.74, 6) is 0.806. The van der Waals surface area contributed by atoms with Crippen molar-refractivity contribution in [2.24, 2.45) is 5.73 Å². The van der Waals surface area contributed by atoms with Crippen LogP contribution in [0.4, 0.5) is 0 Å². The van der Waals surface area contributed by atoms with Crippen molar-refractivity contribution >= 4 is 5.84 Å². The molecule has 0 unspecified atom stereocenters. The molecule has 0 saturated carbocycles. The molecule has 92 valence electrons. The average Bonchev–Trinajstić information content (AvgIpc) is 2.40. The third-order valence-electron chi connectivity index (χ3n) is 2.48. The van der Waals surface area contributed by atoms with Crippen molar-refractivity contribution in [2.75, 3.05) is 0 Å². The van der Waals surface area contributed by atoms with Crippen LogP contribution in [0.15, 0.2) is 36.7 Å². The van der Waals surface area contributed by atoms with Gasteiger partial charge in [-0.15, -0.1) is 0 Å². The van der Waals surface area contributed by atoms with Crippen molar-refractivity contribution in [3.8, 4) is 11.6 Å². The average molecular weight is 242 g/mol. The molecular weight excluding hydrogens is 228 g/mol. The van der Waals surface area contributed by atoms with Gasteiger partial charge in [0.2, 0.25) is 5.88 Å². The summed E-state index contributed by atoms with van der Waals surface area (Å²) in [6, 6.07) is 7.68. The van der Waals surface area contributed by atoms with Crippen molar-refractivity contribution in [2.45, 2.75) is 13.3 Å². The molecule has 0 aliphatic carbocycles. The van der Waals surface area contributed by atoms with Crippen LogP contribution in [0.2, 0.25) is 0 Å². The molecule has 0 radical (unpaired) electrons. The van der Waals surface area contributed by atoms with Gasteiger partial charge in [0.05, 0.1) is 0 Å². The highest BCUT2D eigenvalue weighted by atomic mass is 16.5. The summed E-state index contributed by atoms with van der Waals surface area (Å²) >= 11 is 0. The molecule has 1 heterocycles. The molecule has 0 aliphatic rings. The second-order valence-electron chi connectivity index (χ2n) is 3.69. The number of nitrogen functional groups attached to an aromatic ring is 1. The minimum Gasteiger partial charge on any atom is -0.437 e. The third kappa shape index (κ3) is 2.45. The van der Waals surface area contributed by atoms with E-state index in [1.165, 1.54) is 12.4 Å². The van der Waals surface area contributed by atoms with Gasteiger partial charge in [0, 0.05) is 12.4 Å². The van der Waals surface area contributed by atoms with Gasteiger partial charge in [-0.3, -0.25) is 5.41 Å². The molecule has 0 bridgehead atoms. The minimum atomic E-state index is -0.160. The van der Waals surface area contributed by atoms with Crippen LogP contribution in [0, 0.1) is 5.41 Å². The number of nitrogens with one attached hydrogen (secondary N) is 1. The van der Waals surface area contributed by atoms with E-state index in [1.54, 1.807) is 0 Å². The van der Waals surface area contributed by atoms with E-state index in [0.717, 1.165) is 12.0 Å². The standard InChI is InChI=1S/C13H14N4O/c1-2-9-5-3-4-6-10(9)18-13-11(12(14)15)16-7-8-17-13/h3-8H,2H2,1H3,(H3,14,15). The van der Waals surface area contributed by atoms with Gasteiger partial charge in [-0.25, -0.2) is 9.97 Å². The third-order valence-corrected chi connectivity index (χ3v) is 2.48. The molecule has 0 fully saturated rings. The first-order valence-corrected chi connectivity index (χ1v) is 5.63. The van der Waals surface area contributed by atoms with Gasteiger partial charge in [0.15, 0.2) is 5.69 Å². The lowest BCUT2D eigenvalue weighted by Gasteiger charge is -2.10. The van der Waals surface area contributed by atoms with Crippen molar-refractivity contribution < 1.29 is 4.74 Å². The number of rotatable bonds is 4. The van der Waals surface area contributed by atoms with Crippen molar-refractivity contribution in [1.29, 1.82) is 5.41 Å². The topological polar surface area (TPSA) is 84.9 Å². The van der Waals surface area contributed by atoms with Gasteiger partial charge in [-0.05, 0) is 18.1 Å². The fourth-order valence-corrected chi connectivity index (χ4v) is 1.58. The Morgan fingerprint density at radius 2 is 2.00 bits per heavy atom. The van der Waals surface area contributed by atoms with Crippen LogP contribution >= 0.6 is 0 Å². The highest BCUT2D eigenvalue weighted by molar-refractivity contribution is 5.95. The first-order chi connectivity index (χ1) is 8.72. The van der Waals surface area contributed by atoms with Crippen molar-refractivity contribution in [1.82, 2.24) is 9.97 Å². The molecule has 3 N–H and O–H groups in total. The Morgan fingerprint density at radius 3 is 2.72 bits per heavy atom. The Balaban J connectivity index is 2.37. The maximum atomic E-state index is 7.44. The zero-order valence-electron chi connectivity index (χ0n) is 10.1. The van der Waals surface area contributed by atoms with Crippen LogP contribution in [0.3, 0.4) is 0 Å². The van der Waals surface area contributed by atoms with E-state index in [-0.39, 0.29) is 17.4 Å². The van der Waals surface area contributed by atoms with Crippen LogP contribution in [-0.2, 0) is 6.42 Å². The number of nitrogens with zero attached hydrogens (tertiary/aromatic N) is 2. The molecule has 0 aliphatic heterocycles. The van der Waals surface area contributed by atoms with Gasteiger partial charge in [-0.1, -0.05) is 25.1 Å². The number of aromatic nitrogens is 2. The predicted molar refractivity (Wildman–Crippen MR) is 68.9 cm³/mol. The summed E-state index contributed by atoms with van der Waals surface area (Å²) in [5, 5.41) is 7.44. The Kier molecular flexibility index (Phi) is 3.52. The molecule has 5 nitrogen and oxygen atoms in total. The van der Waals surface area contributed by atoms with E-state index in [2.05, 4.69) is 9.97 Å². The highest BCUT2D eigenvalue weighted by Crippen LogP contribution is 2.25. The van der Waals surface area contributed by atoms with E-state index in [1.807, 2.05) is 31.2 Å². The summed E-state index contributed by atoms with van der Waals surface area (Å²) < 4.78 is 5.70. The molecule has 18 heavy (non-hydrogen) atoms. The molecule has 0 spiro atoms. The van der Waals surface area contributed by atoms with E-state index in [0.29, 0.717) is 5.75 Å². The smallest absolute Gasteiger partial charge is 0.249 e. The van der Waals surface area contributed by atoms with E-state index >= 15 is 0 Å². The van der Waals surface area contributed by atoms with Crippen LogP contribution in [0.5, 0.6) is 11.6 Å². The number of aryl methyl sites for hydroxylation is 1. The van der Waals surface area contributed by atoms with Gasteiger partial charge in [-0.2, -0.15) is 0 Å². The fraction of sp³-hybridized carbons (Fsp3) is 0.154. The first-order valence-electron chi connectivity index (χ1n) is 5.63. The maximum absolute atomic E-state index is 7.44. The molecule has 0 saturated heterocycles. The number of para-hydroxylation sites is 1. The zero-order valence-corrected chi connectivity index (χ0v) is 10.1. The molecule has 0 atom stereocenters. The first kappa shape index (κ1) is 12.0. The normalized spacial score (nSPS) is 10.1. The number of hydrogen-bond acceptors (Lipinski definition) is 4. The predicted octanol–water partition coefficient (Wildman–Crippen LogP) is 2.12. The molecule has 2 rings (SSSR count). The SMILES string of the molecule is CCc1ccccc1Oc1nccnc1C(=N)N. The van der Waals surface area contributed by atoms with E-state index in [4.69, 9.17) is 15.9 Å². The van der Waals surface area contributed by atoms with E-state index < -0.39 is 0 Å². The molecule has 1 aromatic heterocycles. The Hall–Kier alpha value is -2.43. The fourth-order valence-electron chi connectivity index (χ4n) is 1.58. The summed E-state index contributed by atoms with van der Waals surface area (Å²) in [6.07, 6.45) is 3.84. The number of benzene rings is 1. The molecule has 5 heteroatoms. The highest BCUT2D eigenvalue weighted by Gasteiger charge is 2.11. The molecule has 2 aromatic rings. The Bertz CT molecular complexity index is 568. The molecule has 1 aromatic carbocycles. The summed E-state index contributed by atoms with van der Waals surface area (Å²) in [7, 11) is 0. The zero-order chi connectivity index (χ0) is 13.0. The monoisotopic (exact) mass is 242 g/mol.